The summed E-state index contributed by atoms with van der Waals surface area (Å²) in [6.45, 7) is 1.91. The highest BCUT2D eigenvalue weighted by Gasteiger charge is 2.18. The van der Waals surface area contributed by atoms with Crippen LogP contribution in [0.25, 0.3) is 10.8 Å². The zero-order valence-corrected chi connectivity index (χ0v) is 8.48. The second-order valence-corrected chi connectivity index (χ2v) is 3.37. The van der Waals surface area contributed by atoms with Gasteiger partial charge in [0.1, 0.15) is 4.88 Å². The van der Waals surface area contributed by atoms with E-state index in [2.05, 4.69) is 19.8 Å². The molecule has 2 aromatic rings. The Morgan fingerprint density at radius 3 is 2.87 bits per heavy atom. The lowest BCUT2D eigenvalue weighted by molar-refractivity contribution is 0.0654. The van der Waals surface area contributed by atoms with Gasteiger partial charge in [-0.05, 0) is 18.0 Å². The third-order valence-electron chi connectivity index (χ3n) is 1.69. The predicted molar refractivity (Wildman–Crippen MR) is 49.5 cm³/mol. The summed E-state index contributed by atoms with van der Waals surface area (Å²) in [7, 11) is 0. The van der Waals surface area contributed by atoms with Gasteiger partial charge < -0.3 is 9.52 Å². The number of aromatic carboxylic acids is 1. The summed E-state index contributed by atoms with van der Waals surface area (Å²) in [6, 6.07) is 0. The molecule has 0 saturated carbocycles. The third-order valence-corrected chi connectivity index (χ3v) is 2.45. The van der Waals surface area contributed by atoms with E-state index in [1.54, 1.807) is 0 Å². The molecule has 0 aliphatic heterocycles. The Bertz CT molecular complexity index is 492. The number of nitrogens with zero attached hydrogens (tertiary/aromatic N) is 4. The number of hydrogen-bond acceptors (Lipinski definition) is 7. The number of aromatic nitrogens is 4. The summed E-state index contributed by atoms with van der Waals surface area (Å²) < 4.78 is 8.68. The zero-order chi connectivity index (χ0) is 10.8. The van der Waals surface area contributed by atoms with Gasteiger partial charge in [0.2, 0.25) is 0 Å². The van der Waals surface area contributed by atoms with Crippen molar-refractivity contribution in [3.63, 3.8) is 0 Å². The van der Waals surface area contributed by atoms with Gasteiger partial charge >= 0.3 is 11.9 Å². The van der Waals surface area contributed by atoms with Gasteiger partial charge in [0, 0.05) is 0 Å². The van der Waals surface area contributed by atoms with E-state index in [0.717, 1.165) is 17.2 Å². The smallest absolute Gasteiger partial charge is 0.393 e. The van der Waals surface area contributed by atoms with Crippen molar-refractivity contribution in [1.29, 1.82) is 0 Å². The lowest BCUT2D eigenvalue weighted by Gasteiger charge is -1.89. The molecule has 0 bridgehead atoms. The van der Waals surface area contributed by atoms with Crippen LogP contribution in [0.2, 0.25) is 0 Å². The maximum Gasteiger partial charge on any atom is 0.393 e. The lowest BCUT2D eigenvalue weighted by Crippen LogP contribution is -1.95. The second kappa shape index (κ2) is 3.73. The van der Waals surface area contributed by atoms with Gasteiger partial charge in [-0.1, -0.05) is 11.4 Å². The third kappa shape index (κ3) is 1.71. The molecular formula is C7H6N4O3S. The number of carbonyl (C=O) groups is 1. The van der Waals surface area contributed by atoms with Gasteiger partial charge in [0.05, 0.1) is 5.69 Å². The van der Waals surface area contributed by atoms with E-state index in [0.29, 0.717) is 11.3 Å². The maximum absolute atomic E-state index is 10.5. The van der Waals surface area contributed by atoms with Crippen LogP contribution < -0.4 is 0 Å². The second-order valence-electron chi connectivity index (χ2n) is 2.62. The normalized spacial score (nSPS) is 10.5. The molecule has 0 spiro atoms. The molecule has 0 unspecified atom stereocenters. The van der Waals surface area contributed by atoms with Crippen LogP contribution in [0.5, 0.6) is 0 Å². The van der Waals surface area contributed by atoms with E-state index < -0.39 is 11.9 Å². The first-order valence-corrected chi connectivity index (χ1v) is 4.88. The highest BCUT2D eigenvalue weighted by atomic mass is 32.1. The first-order chi connectivity index (χ1) is 7.22. The van der Waals surface area contributed by atoms with Crippen molar-refractivity contribution in [3.05, 3.63) is 11.6 Å². The molecule has 0 atom stereocenters. The van der Waals surface area contributed by atoms with E-state index in [4.69, 9.17) is 9.52 Å². The molecule has 0 fully saturated rings. The molecule has 0 aromatic carbocycles. The maximum atomic E-state index is 10.5. The lowest BCUT2D eigenvalue weighted by atomic mass is 10.3. The van der Waals surface area contributed by atoms with E-state index in [9.17, 15) is 4.79 Å². The van der Waals surface area contributed by atoms with Crippen molar-refractivity contribution >= 4 is 17.5 Å². The van der Waals surface area contributed by atoms with Crippen molar-refractivity contribution in [2.45, 2.75) is 13.3 Å². The van der Waals surface area contributed by atoms with Crippen LogP contribution in [-0.4, -0.2) is 30.9 Å². The number of aryl methyl sites for hydroxylation is 1. The molecule has 2 aromatic heterocycles. The number of rotatable bonds is 3. The molecule has 1 N–H and O–H groups in total. The van der Waals surface area contributed by atoms with Gasteiger partial charge in [0.15, 0.2) is 0 Å². The standard InChI is InChI=1S/C7H6N4O3S/c1-2-3-4(15-11-8-3)5-9-10-6(14-5)7(12)13/h2H2,1H3,(H,12,13). The molecule has 0 aliphatic carbocycles. The summed E-state index contributed by atoms with van der Waals surface area (Å²) in [5.74, 6) is -1.52. The van der Waals surface area contributed by atoms with E-state index in [-0.39, 0.29) is 5.89 Å². The Balaban J connectivity index is 2.41. The molecule has 78 valence electrons. The molecule has 0 saturated heterocycles. The van der Waals surface area contributed by atoms with Crippen molar-refractivity contribution in [1.82, 2.24) is 19.8 Å². The Morgan fingerprint density at radius 1 is 1.47 bits per heavy atom. The van der Waals surface area contributed by atoms with Gasteiger partial charge in [0.25, 0.3) is 5.89 Å². The fourth-order valence-corrected chi connectivity index (χ4v) is 1.68. The molecule has 7 nitrogen and oxygen atoms in total. The van der Waals surface area contributed by atoms with Gasteiger partial charge in [-0.3, -0.25) is 0 Å². The summed E-state index contributed by atoms with van der Waals surface area (Å²) in [5, 5.41) is 19.5. The van der Waals surface area contributed by atoms with Crippen LogP contribution in [0.1, 0.15) is 23.3 Å². The van der Waals surface area contributed by atoms with E-state index in [1.165, 1.54) is 0 Å². The summed E-state index contributed by atoms with van der Waals surface area (Å²) in [4.78, 5) is 11.1. The van der Waals surface area contributed by atoms with Gasteiger partial charge in [-0.2, -0.15) is 0 Å². The van der Waals surface area contributed by atoms with Gasteiger partial charge in [-0.25, -0.2) is 4.79 Å². The van der Waals surface area contributed by atoms with Crippen LogP contribution in [-0.2, 0) is 6.42 Å². The minimum atomic E-state index is -1.25. The first-order valence-electron chi connectivity index (χ1n) is 4.10. The summed E-state index contributed by atoms with van der Waals surface area (Å²) in [5.41, 5.74) is 0.723. The van der Waals surface area contributed by atoms with Crippen molar-refractivity contribution in [2.24, 2.45) is 0 Å². The quantitative estimate of drug-likeness (QED) is 0.827. The van der Waals surface area contributed by atoms with E-state index >= 15 is 0 Å². The minimum Gasteiger partial charge on any atom is -0.474 e. The van der Waals surface area contributed by atoms with Crippen molar-refractivity contribution in [2.75, 3.05) is 0 Å². The number of hydrogen-bond donors (Lipinski definition) is 1. The Labute approximate surface area is 87.9 Å². The largest absolute Gasteiger partial charge is 0.474 e. The Kier molecular flexibility index (Phi) is 2.42. The fourth-order valence-electron chi connectivity index (χ4n) is 1.00. The average Bonchev–Trinajstić information content (AvgIpc) is 2.85. The summed E-state index contributed by atoms with van der Waals surface area (Å²) in [6.07, 6.45) is 0.677. The molecule has 8 heteroatoms. The SMILES string of the molecule is CCc1nnsc1-c1nnc(C(=O)O)o1. The fraction of sp³-hybridized carbons (Fsp3) is 0.286. The molecule has 0 radical (unpaired) electrons. The first kappa shape index (κ1) is 9.71. The molecule has 2 rings (SSSR count). The predicted octanol–water partition coefficient (Wildman–Crippen LogP) is 0.849. The van der Waals surface area contributed by atoms with Crippen molar-refractivity contribution in [3.8, 4) is 10.8 Å². The van der Waals surface area contributed by atoms with Crippen LogP contribution >= 0.6 is 11.5 Å². The molecule has 2 heterocycles. The highest BCUT2D eigenvalue weighted by molar-refractivity contribution is 7.09. The monoisotopic (exact) mass is 226 g/mol. The van der Waals surface area contributed by atoms with Gasteiger partial charge in [-0.15, -0.1) is 15.3 Å². The van der Waals surface area contributed by atoms with Crippen LogP contribution in [0.3, 0.4) is 0 Å². The van der Waals surface area contributed by atoms with E-state index in [1.807, 2.05) is 6.92 Å². The van der Waals surface area contributed by atoms with Crippen LogP contribution in [0, 0.1) is 0 Å². The molecule has 15 heavy (non-hydrogen) atoms. The number of carboxylic acid groups (broad SMARTS) is 1. The Morgan fingerprint density at radius 2 is 2.27 bits per heavy atom. The zero-order valence-electron chi connectivity index (χ0n) is 7.67. The number of carboxylic acids is 1. The minimum absolute atomic E-state index is 0.152. The summed E-state index contributed by atoms with van der Waals surface area (Å²) >= 11 is 1.10. The Hall–Kier alpha value is -1.83. The van der Waals surface area contributed by atoms with Crippen molar-refractivity contribution < 1.29 is 14.3 Å². The van der Waals surface area contributed by atoms with Crippen LogP contribution in [0.4, 0.5) is 0 Å². The molecular weight excluding hydrogens is 220 g/mol. The van der Waals surface area contributed by atoms with Crippen LogP contribution in [0.15, 0.2) is 4.42 Å². The highest BCUT2D eigenvalue weighted by Crippen LogP contribution is 2.24. The molecule has 0 aliphatic rings. The molecule has 0 amide bonds. The average molecular weight is 226 g/mol. The topological polar surface area (TPSA) is 102 Å².